The molecule has 0 aromatic heterocycles. The number of para-hydroxylation sites is 1. The van der Waals surface area contributed by atoms with Gasteiger partial charge in [0, 0.05) is 51.8 Å². The molecule has 0 amide bonds. The molecule has 36 heavy (non-hydrogen) atoms. The van der Waals surface area contributed by atoms with Crippen LogP contribution in [0.3, 0.4) is 0 Å². The van der Waals surface area contributed by atoms with Crippen LogP contribution >= 0.6 is 0 Å². The quantitative estimate of drug-likeness (QED) is 0.224. The molecule has 0 fully saturated rings. The third-order valence-electron chi connectivity index (χ3n) is 6.42. The molecule has 3 aromatic rings. The Morgan fingerprint density at radius 1 is 0.972 bits per heavy atom. The second-order valence-electron chi connectivity index (χ2n) is 8.60. The van der Waals surface area contributed by atoms with Crippen LogP contribution in [0.1, 0.15) is 30.5 Å². The fourth-order valence-corrected chi connectivity index (χ4v) is 4.73. The van der Waals surface area contributed by atoms with E-state index in [2.05, 4.69) is 77.5 Å². The van der Waals surface area contributed by atoms with Crippen LogP contribution in [0.25, 0.3) is 0 Å². The minimum absolute atomic E-state index is 0. The van der Waals surface area contributed by atoms with Crippen LogP contribution in [0.5, 0.6) is 11.5 Å². The van der Waals surface area contributed by atoms with Gasteiger partial charge in [-0.15, -0.1) is 5.10 Å². The number of ether oxygens (including phenoxy) is 2. The van der Waals surface area contributed by atoms with Gasteiger partial charge in [-0.1, -0.05) is 48.5 Å². The van der Waals surface area contributed by atoms with Gasteiger partial charge in [0.15, 0.2) is 0 Å². The number of nitrogens with zero attached hydrogens (tertiary/aromatic N) is 3. The molecule has 1 unspecified atom stereocenters. The molecule has 189 valence electrons. The number of allylic oxidation sites excluding steroid dienone is 2. The Kier molecular flexibility index (Phi) is 8.96. The van der Waals surface area contributed by atoms with Crippen LogP contribution in [-0.4, -0.2) is 38.0 Å². The largest absolute Gasteiger partial charge is 0.497 e. The number of aliphatic hydroxyl groups excluding tert-OH is 1. The van der Waals surface area contributed by atoms with E-state index in [4.69, 9.17) is 9.47 Å². The molecule has 4 rings (SSSR count). The van der Waals surface area contributed by atoms with Gasteiger partial charge < -0.3 is 19.5 Å². The van der Waals surface area contributed by atoms with Gasteiger partial charge in [-0.2, -0.15) is 5.10 Å². The smallest absolute Gasteiger partial charge is 0.238 e. The molecule has 0 spiro atoms. The first-order valence-electron chi connectivity index (χ1n) is 11.6. The fraction of sp³-hybridized carbons (Fsp3) is 0.241. The average molecular weight is 529 g/mol. The summed E-state index contributed by atoms with van der Waals surface area (Å²) in [6.07, 6.45) is 4.50. The minimum Gasteiger partial charge on any atom is -0.497 e. The molecule has 1 aliphatic heterocycles. The summed E-state index contributed by atoms with van der Waals surface area (Å²) < 4.78 is 10.5. The molecular formula is C29H31CoN3O3. The van der Waals surface area contributed by atoms with Crippen molar-refractivity contribution in [2.45, 2.75) is 25.7 Å². The van der Waals surface area contributed by atoms with Gasteiger partial charge in [0.25, 0.3) is 0 Å². The maximum absolute atomic E-state index is 10.5. The average Bonchev–Trinajstić information content (AvgIpc) is 3.13. The van der Waals surface area contributed by atoms with Crippen molar-refractivity contribution in [3.63, 3.8) is 0 Å². The van der Waals surface area contributed by atoms with Crippen molar-refractivity contribution in [1.29, 1.82) is 0 Å². The number of hydrogen-bond acceptors (Lipinski definition) is 5. The summed E-state index contributed by atoms with van der Waals surface area (Å²) in [6.45, 7) is 5.26. The van der Waals surface area contributed by atoms with E-state index in [0.717, 1.165) is 18.7 Å². The van der Waals surface area contributed by atoms with Gasteiger partial charge >= 0.3 is 0 Å². The third-order valence-corrected chi connectivity index (χ3v) is 6.42. The van der Waals surface area contributed by atoms with Crippen LogP contribution in [0.4, 0.5) is 5.69 Å². The zero-order chi connectivity index (χ0) is 24.8. The second-order valence-corrected chi connectivity index (χ2v) is 8.60. The third kappa shape index (κ3) is 5.47. The number of rotatable bonds is 8. The monoisotopic (exact) mass is 528 g/mol. The Labute approximate surface area is 223 Å². The van der Waals surface area contributed by atoms with E-state index in [9.17, 15) is 5.11 Å². The maximum Gasteiger partial charge on any atom is 0.238 e. The van der Waals surface area contributed by atoms with Crippen molar-refractivity contribution >= 4 is 17.8 Å². The van der Waals surface area contributed by atoms with Crippen molar-refractivity contribution in [2.24, 2.45) is 10.2 Å². The Morgan fingerprint density at radius 3 is 2.25 bits per heavy atom. The normalized spacial score (nSPS) is 18.3. The van der Waals surface area contributed by atoms with E-state index in [1.54, 1.807) is 38.6 Å². The summed E-state index contributed by atoms with van der Waals surface area (Å²) in [6, 6.07) is 24.2. The topological polar surface area (TPSA) is 66.7 Å². The summed E-state index contributed by atoms with van der Waals surface area (Å²) >= 11 is 0. The van der Waals surface area contributed by atoms with Gasteiger partial charge in [0.1, 0.15) is 11.5 Å². The van der Waals surface area contributed by atoms with E-state index in [1.165, 1.54) is 16.8 Å². The molecule has 3 aromatic carbocycles. The van der Waals surface area contributed by atoms with Crippen LogP contribution in [-0.2, 0) is 28.6 Å². The van der Waals surface area contributed by atoms with E-state index < -0.39 is 0 Å². The van der Waals surface area contributed by atoms with Crippen LogP contribution in [0.15, 0.2) is 94.8 Å². The molecule has 0 aliphatic carbocycles. The number of aliphatic hydroxyl groups is 1. The van der Waals surface area contributed by atoms with E-state index in [0.29, 0.717) is 17.1 Å². The van der Waals surface area contributed by atoms with Crippen LogP contribution in [0.2, 0.25) is 0 Å². The first-order chi connectivity index (χ1) is 17.0. The Bertz CT molecular complexity index is 1250. The SMILES string of the molecule is CCN1\C(=C/C=N/N=C(\O)c2cc(OC)cc(OC)c2)C(C)(Cc2ccccc2)c2ccccc21.[Co]. The summed E-state index contributed by atoms with van der Waals surface area (Å²) in [5.41, 5.74) is 5.15. The summed E-state index contributed by atoms with van der Waals surface area (Å²) in [5, 5.41) is 18.6. The zero-order valence-electron chi connectivity index (χ0n) is 20.9. The van der Waals surface area contributed by atoms with E-state index >= 15 is 0 Å². The summed E-state index contributed by atoms with van der Waals surface area (Å²) in [5.74, 6) is 0.906. The molecule has 6 nitrogen and oxygen atoms in total. The molecule has 1 aliphatic rings. The Hall–Kier alpha value is -3.55. The van der Waals surface area contributed by atoms with Gasteiger partial charge in [-0.25, -0.2) is 0 Å². The van der Waals surface area contributed by atoms with Crippen LogP contribution < -0.4 is 14.4 Å². The number of fused-ring (bicyclic) bond motifs is 1. The Balaban J connectivity index is 0.00000361. The molecule has 1 atom stereocenters. The molecule has 1 radical (unpaired) electrons. The van der Waals surface area contributed by atoms with Crippen molar-refractivity contribution in [2.75, 3.05) is 25.7 Å². The second kappa shape index (κ2) is 11.9. The molecule has 0 saturated heterocycles. The van der Waals surface area contributed by atoms with Crippen molar-refractivity contribution in [3.8, 4) is 11.5 Å². The van der Waals surface area contributed by atoms with Gasteiger partial charge in [-0.3, -0.25) is 0 Å². The zero-order valence-corrected chi connectivity index (χ0v) is 22.0. The summed E-state index contributed by atoms with van der Waals surface area (Å²) in [4.78, 5) is 2.32. The van der Waals surface area contributed by atoms with Gasteiger partial charge in [-0.05, 0) is 55.7 Å². The van der Waals surface area contributed by atoms with Crippen LogP contribution in [0, 0.1) is 0 Å². The molecule has 1 heterocycles. The molecular weight excluding hydrogens is 497 g/mol. The van der Waals surface area contributed by atoms with Crippen molar-refractivity contribution in [3.05, 3.63) is 101 Å². The van der Waals surface area contributed by atoms with Gasteiger partial charge in [0.05, 0.1) is 20.4 Å². The van der Waals surface area contributed by atoms with E-state index in [-0.39, 0.29) is 28.1 Å². The standard InChI is InChI=1S/C29H31N3O3.Co/c1-5-32-26-14-10-9-13-25(26)29(2,20-21-11-7-6-8-12-21)27(32)15-16-30-31-28(33)22-17-23(34-3)19-24(18-22)35-4;/h6-19H,5,20H2,1-4H3,(H,31,33);/b27-15-,30-16+;. The number of anilines is 1. The molecule has 0 saturated carbocycles. The van der Waals surface area contributed by atoms with E-state index in [1.807, 2.05) is 12.1 Å². The molecule has 7 heteroatoms. The number of methoxy groups -OCH3 is 2. The molecule has 1 N–H and O–H groups in total. The minimum atomic E-state index is -0.230. The fourth-order valence-electron chi connectivity index (χ4n) is 4.73. The first kappa shape index (κ1) is 27.0. The Morgan fingerprint density at radius 2 is 1.61 bits per heavy atom. The van der Waals surface area contributed by atoms with Crippen molar-refractivity contribution < 1.29 is 31.4 Å². The van der Waals surface area contributed by atoms with Gasteiger partial charge in [0.2, 0.25) is 5.90 Å². The maximum atomic E-state index is 10.5. The number of likely N-dealkylation sites (N-methyl/N-ethyl adjacent to an activating group) is 1. The number of hydrogen-bond donors (Lipinski definition) is 1. The predicted octanol–water partition coefficient (Wildman–Crippen LogP) is 5.92. The van der Waals surface area contributed by atoms with Crippen molar-refractivity contribution in [1.82, 2.24) is 0 Å². The summed E-state index contributed by atoms with van der Waals surface area (Å²) in [7, 11) is 3.12. The predicted molar refractivity (Wildman–Crippen MR) is 142 cm³/mol. The molecule has 0 bridgehead atoms. The first-order valence-corrected chi connectivity index (χ1v) is 11.6. The number of benzene rings is 3.